The van der Waals surface area contributed by atoms with Crippen LogP contribution in [0.15, 0.2) is 245 Å². The number of nitrogens with one attached hydrogen (secondary N) is 3. The molecule has 5 atom stereocenters. The minimum atomic E-state index is -0.546. The Morgan fingerprint density at radius 2 is 0.753 bits per heavy atom. The molecule has 3 aliphatic carbocycles. The normalized spacial score (nSPS) is 17.8. The van der Waals surface area contributed by atoms with Gasteiger partial charge >= 0.3 is 18.3 Å². The summed E-state index contributed by atoms with van der Waals surface area (Å²) in [6.07, 6.45) is 3.43. The van der Waals surface area contributed by atoms with Gasteiger partial charge < -0.3 is 30.2 Å². The molecule has 3 aliphatic rings. The number of carbonyl (C=O) groups is 6. The Hall–Kier alpha value is -8.63. The second kappa shape index (κ2) is 28.5. The molecule has 0 aromatic heterocycles. The topological polar surface area (TPSA) is 166 Å². The number of hydrogen-bond acceptors (Lipinski definition) is 12. The van der Waals surface area contributed by atoms with Crippen LogP contribution < -0.4 is 30.2 Å². The molecular formula is C66H57N3O9S3. The number of thiol groups is 1. The van der Waals surface area contributed by atoms with Crippen molar-refractivity contribution in [1.82, 2.24) is 16.0 Å². The molecule has 0 saturated heterocycles. The molecule has 3 N–H and O–H groups in total. The molecule has 2 unspecified atom stereocenters. The van der Waals surface area contributed by atoms with Crippen molar-refractivity contribution in [2.24, 2.45) is 0 Å². The van der Waals surface area contributed by atoms with Gasteiger partial charge in [-0.2, -0.15) is 0 Å². The molecule has 0 spiro atoms. The van der Waals surface area contributed by atoms with Crippen molar-refractivity contribution in [3.8, 4) is 17.2 Å². The van der Waals surface area contributed by atoms with E-state index in [9.17, 15) is 28.8 Å². The van der Waals surface area contributed by atoms with Gasteiger partial charge in [-0.05, 0) is 111 Å². The standard InChI is InChI=1S/2C22H19NO3S.C12H11NO3.C10H8S/c2*24-17-13-20(23-22(25)26-18-8-2-1-3-9-18)21(14-17)27-19-11-10-15-6-4-5-7-16(15)12-19;14-10-7-6-9(8-10)13-12(15)16-11-4-2-1-3-5-11;11-10-6-5-8-3-1-2-4-9(8)7-10/h2*1-12,20-21H,13-14H2,(H,23,25);1-7,9H,8H2,(H,13,15);1-7,11H/t20-,21?;20-,21+;;/m11../s1. The van der Waals surface area contributed by atoms with E-state index in [2.05, 4.69) is 114 Å². The number of ether oxygens (including phenoxy) is 3. The summed E-state index contributed by atoms with van der Waals surface area (Å²) in [4.78, 5) is 73.9. The highest BCUT2D eigenvalue weighted by atomic mass is 32.2. The third-order valence-corrected chi connectivity index (χ3v) is 16.0. The molecule has 0 radical (unpaired) electrons. The van der Waals surface area contributed by atoms with Crippen LogP contribution in [-0.4, -0.2) is 64.3 Å². The van der Waals surface area contributed by atoms with Crippen LogP contribution in [0, 0.1) is 0 Å². The molecule has 12 nitrogen and oxygen atoms in total. The van der Waals surface area contributed by atoms with Crippen molar-refractivity contribution in [3.05, 3.63) is 231 Å². The average molecular weight is 1130 g/mol. The Kier molecular flexibility index (Phi) is 20.1. The number of thioether (sulfide) groups is 2. The number of ketones is 3. The molecule has 81 heavy (non-hydrogen) atoms. The highest BCUT2D eigenvalue weighted by molar-refractivity contribution is 8.00. The van der Waals surface area contributed by atoms with Gasteiger partial charge in [-0.15, -0.1) is 36.2 Å². The van der Waals surface area contributed by atoms with Crippen LogP contribution >= 0.6 is 36.2 Å². The molecule has 2 fully saturated rings. The fraction of sp³-hybridized carbons (Fsp3) is 0.152. The van der Waals surface area contributed by atoms with Crippen molar-refractivity contribution in [3.63, 3.8) is 0 Å². The van der Waals surface area contributed by atoms with Gasteiger partial charge in [0.15, 0.2) is 5.78 Å². The number of hydrogen-bond donors (Lipinski definition) is 4. The van der Waals surface area contributed by atoms with Gasteiger partial charge in [0.25, 0.3) is 0 Å². The van der Waals surface area contributed by atoms with Gasteiger partial charge in [-0.1, -0.05) is 152 Å². The van der Waals surface area contributed by atoms with Gasteiger partial charge in [0, 0.05) is 57.3 Å². The first-order valence-corrected chi connectivity index (χ1v) is 28.5. The smallest absolute Gasteiger partial charge is 0.410 e. The van der Waals surface area contributed by atoms with Crippen molar-refractivity contribution in [2.75, 3.05) is 0 Å². The lowest BCUT2D eigenvalue weighted by Crippen LogP contribution is -2.40. The zero-order valence-corrected chi connectivity index (χ0v) is 46.3. The Bertz CT molecular complexity index is 3520. The van der Waals surface area contributed by atoms with Gasteiger partial charge in [-0.25, -0.2) is 14.4 Å². The number of benzene rings is 9. The lowest BCUT2D eigenvalue weighted by atomic mass is 10.1. The SMILES string of the molecule is O=C1C=CC(NC(=O)Oc2ccccc2)C1.O=C1CC(Sc2ccc3ccccc3c2)[C@H](NC(=O)Oc2ccccc2)C1.O=C1C[C@H](Sc2ccc3ccccc3c2)[C@H](NC(=O)Oc2ccccc2)C1.Sc1ccc2ccccc2c1. The van der Waals surface area contributed by atoms with E-state index in [-0.39, 0.29) is 46.0 Å². The molecule has 9 aromatic carbocycles. The Morgan fingerprint density at radius 1 is 0.395 bits per heavy atom. The number of amides is 3. The summed E-state index contributed by atoms with van der Waals surface area (Å²) in [5.74, 6) is 1.80. The lowest BCUT2D eigenvalue weighted by molar-refractivity contribution is -0.118. The summed E-state index contributed by atoms with van der Waals surface area (Å²) >= 11 is 7.53. The third-order valence-electron chi connectivity index (χ3n) is 13.1. The first-order valence-electron chi connectivity index (χ1n) is 26.3. The van der Waals surface area contributed by atoms with E-state index in [0.29, 0.717) is 49.4 Å². The van der Waals surface area contributed by atoms with Crippen LogP contribution in [0.4, 0.5) is 14.4 Å². The molecule has 0 aliphatic heterocycles. The molecule has 3 amide bonds. The number of allylic oxidation sites excluding steroid dienone is 1. The minimum absolute atomic E-state index is 0.00184. The van der Waals surface area contributed by atoms with Gasteiger partial charge in [0.1, 0.15) is 28.8 Å². The van der Waals surface area contributed by atoms with Gasteiger partial charge in [0.2, 0.25) is 0 Å². The molecule has 9 aromatic rings. The zero-order valence-electron chi connectivity index (χ0n) is 43.8. The van der Waals surface area contributed by atoms with E-state index in [0.717, 1.165) is 14.7 Å². The van der Waals surface area contributed by atoms with E-state index in [1.54, 1.807) is 102 Å². The second-order valence-electron chi connectivity index (χ2n) is 19.1. The molecule has 2 saturated carbocycles. The predicted octanol–water partition coefficient (Wildman–Crippen LogP) is 14.4. The van der Waals surface area contributed by atoms with Crippen molar-refractivity contribution in [2.45, 2.75) is 75.4 Å². The summed E-state index contributed by atoms with van der Waals surface area (Å²) < 4.78 is 15.6. The summed E-state index contributed by atoms with van der Waals surface area (Å²) in [6, 6.07) is 69.2. The quantitative estimate of drug-likeness (QED) is 0.0963. The lowest BCUT2D eigenvalue weighted by Gasteiger charge is -2.19. The van der Waals surface area contributed by atoms with E-state index in [4.69, 9.17) is 14.2 Å². The van der Waals surface area contributed by atoms with Crippen molar-refractivity contribution in [1.29, 1.82) is 0 Å². The van der Waals surface area contributed by atoms with Crippen LogP contribution in [0.3, 0.4) is 0 Å². The Labute approximate surface area is 483 Å². The van der Waals surface area contributed by atoms with E-state index >= 15 is 0 Å². The van der Waals surface area contributed by atoms with Crippen LogP contribution in [-0.2, 0) is 14.4 Å². The number of fused-ring (bicyclic) bond motifs is 3. The monoisotopic (exact) mass is 1130 g/mol. The van der Waals surface area contributed by atoms with E-state index in [1.807, 2.05) is 60.7 Å². The average Bonchev–Trinajstić information content (AvgIpc) is 4.17. The van der Waals surface area contributed by atoms with Crippen molar-refractivity contribution < 1.29 is 43.0 Å². The highest BCUT2D eigenvalue weighted by Crippen LogP contribution is 2.37. The molecule has 0 heterocycles. The highest BCUT2D eigenvalue weighted by Gasteiger charge is 2.36. The van der Waals surface area contributed by atoms with Crippen LogP contribution in [0.1, 0.15) is 32.1 Å². The van der Waals surface area contributed by atoms with Crippen LogP contribution in [0.25, 0.3) is 32.3 Å². The zero-order chi connectivity index (χ0) is 56.3. The molecular weight excluding hydrogens is 1070 g/mol. The maximum Gasteiger partial charge on any atom is 0.413 e. The van der Waals surface area contributed by atoms with Crippen molar-refractivity contribution >= 4 is 104 Å². The number of carbonyl (C=O) groups excluding carboxylic acids is 6. The number of para-hydroxylation sites is 3. The maximum atomic E-state index is 12.2. The fourth-order valence-electron chi connectivity index (χ4n) is 9.20. The fourth-order valence-corrected chi connectivity index (χ4v) is 12.0. The van der Waals surface area contributed by atoms with Gasteiger partial charge in [-0.3, -0.25) is 14.4 Å². The van der Waals surface area contributed by atoms with E-state index < -0.39 is 18.3 Å². The summed E-state index contributed by atoms with van der Waals surface area (Å²) in [5.41, 5.74) is 0. The number of Topliss-reactive ketones (excluding diaryl/α,β-unsaturated/α-hetero) is 2. The second-order valence-corrected chi connectivity index (χ2v) is 22.3. The molecule has 408 valence electrons. The predicted molar refractivity (Wildman–Crippen MR) is 324 cm³/mol. The Balaban J connectivity index is 0.000000137. The summed E-state index contributed by atoms with van der Waals surface area (Å²) in [7, 11) is 0. The molecule has 0 bridgehead atoms. The largest absolute Gasteiger partial charge is 0.413 e. The summed E-state index contributed by atoms with van der Waals surface area (Å²) in [6.45, 7) is 0. The Morgan fingerprint density at radius 3 is 1.15 bits per heavy atom. The van der Waals surface area contributed by atoms with Gasteiger partial charge in [0.05, 0.1) is 18.1 Å². The first-order chi connectivity index (χ1) is 39.4. The van der Waals surface area contributed by atoms with Crippen LogP contribution in [0.5, 0.6) is 17.2 Å². The third kappa shape index (κ3) is 17.4. The van der Waals surface area contributed by atoms with E-state index in [1.165, 1.54) is 38.4 Å². The molecule has 12 rings (SSSR count). The molecule has 15 heteroatoms. The summed E-state index contributed by atoms with van der Waals surface area (Å²) in [5, 5.41) is 15.5. The maximum absolute atomic E-state index is 12.2. The minimum Gasteiger partial charge on any atom is -0.410 e. The first kappa shape index (κ1) is 57.1. The number of rotatable bonds is 10. The van der Waals surface area contributed by atoms with Crippen LogP contribution in [0.2, 0.25) is 0 Å².